The van der Waals surface area contributed by atoms with Crippen LogP contribution in [0.4, 0.5) is 5.69 Å². The number of sulfone groups is 1. The summed E-state index contributed by atoms with van der Waals surface area (Å²) in [6, 6.07) is 2.19. The van der Waals surface area contributed by atoms with E-state index < -0.39 is 38.4 Å². The monoisotopic (exact) mass is 370 g/mol. The normalized spacial score (nSPS) is 15.4. The molecule has 1 amide bonds. The highest BCUT2D eigenvalue weighted by Gasteiger charge is 2.37. The van der Waals surface area contributed by atoms with E-state index in [1.54, 1.807) is 6.92 Å². The van der Waals surface area contributed by atoms with Gasteiger partial charge in [0, 0.05) is 36.0 Å². The summed E-state index contributed by atoms with van der Waals surface area (Å²) in [6.45, 7) is 1.59. The van der Waals surface area contributed by atoms with Gasteiger partial charge in [0.25, 0.3) is 11.6 Å². The molecule has 1 aromatic carbocycles. The molecule has 10 heteroatoms. The third-order valence-electron chi connectivity index (χ3n) is 3.82. The Morgan fingerprint density at radius 3 is 2.32 bits per heavy atom. The molecule has 1 aliphatic rings. The third kappa shape index (κ3) is 4.75. The van der Waals surface area contributed by atoms with Crippen LogP contribution in [-0.4, -0.2) is 59.3 Å². The molecular weight excluding hydrogens is 352 g/mol. The molecule has 0 radical (unpaired) electrons. The van der Waals surface area contributed by atoms with Crippen LogP contribution in [0.2, 0.25) is 0 Å². The zero-order chi connectivity index (χ0) is 18.9. The SMILES string of the molecule is CC(CS(C)(=O)=O)N(C(=O)c1cc(C(=O)O)cc([N+](=O)[O-])c1)C1CC1. The molecule has 1 fully saturated rings. The smallest absolute Gasteiger partial charge is 0.335 e. The molecule has 1 aromatic rings. The Morgan fingerprint density at radius 2 is 1.88 bits per heavy atom. The number of carboxylic acids is 1. The molecule has 0 aromatic heterocycles. The van der Waals surface area contributed by atoms with Gasteiger partial charge in [0.15, 0.2) is 0 Å². The van der Waals surface area contributed by atoms with E-state index in [4.69, 9.17) is 5.11 Å². The van der Waals surface area contributed by atoms with Gasteiger partial charge in [-0.25, -0.2) is 13.2 Å². The highest BCUT2D eigenvalue weighted by atomic mass is 32.2. The summed E-state index contributed by atoms with van der Waals surface area (Å²) in [5.41, 5.74) is -1.02. The van der Waals surface area contributed by atoms with Gasteiger partial charge in [0.2, 0.25) is 0 Å². The van der Waals surface area contributed by atoms with Crippen LogP contribution in [-0.2, 0) is 9.84 Å². The number of hydrogen-bond donors (Lipinski definition) is 1. The molecule has 136 valence electrons. The van der Waals surface area contributed by atoms with Gasteiger partial charge in [-0.3, -0.25) is 14.9 Å². The minimum absolute atomic E-state index is 0.140. The van der Waals surface area contributed by atoms with Crippen LogP contribution < -0.4 is 0 Å². The van der Waals surface area contributed by atoms with Crippen LogP contribution in [0.15, 0.2) is 18.2 Å². The van der Waals surface area contributed by atoms with Crippen molar-refractivity contribution in [3.8, 4) is 0 Å². The second-order valence-electron chi connectivity index (χ2n) is 6.22. The average molecular weight is 370 g/mol. The summed E-state index contributed by atoms with van der Waals surface area (Å²) in [4.78, 5) is 35.6. The first kappa shape index (κ1) is 18.8. The Morgan fingerprint density at radius 1 is 1.32 bits per heavy atom. The number of benzene rings is 1. The van der Waals surface area contributed by atoms with E-state index in [1.807, 2.05) is 0 Å². The molecule has 0 bridgehead atoms. The van der Waals surface area contributed by atoms with Crippen molar-refractivity contribution in [2.45, 2.75) is 31.8 Å². The molecule has 1 aliphatic carbocycles. The van der Waals surface area contributed by atoms with E-state index in [-0.39, 0.29) is 22.9 Å². The molecule has 1 unspecified atom stereocenters. The lowest BCUT2D eigenvalue weighted by atomic mass is 10.1. The number of carboxylic acid groups (broad SMARTS) is 1. The molecule has 1 saturated carbocycles. The minimum atomic E-state index is -3.33. The fourth-order valence-electron chi connectivity index (χ4n) is 2.71. The largest absolute Gasteiger partial charge is 0.478 e. The summed E-state index contributed by atoms with van der Waals surface area (Å²) >= 11 is 0. The third-order valence-corrected chi connectivity index (χ3v) is 4.90. The van der Waals surface area contributed by atoms with Gasteiger partial charge in [0.05, 0.1) is 16.2 Å². The average Bonchev–Trinajstić information content (AvgIpc) is 3.29. The molecule has 1 atom stereocenters. The minimum Gasteiger partial charge on any atom is -0.478 e. The lowest BCUT2D eigenvalue weighted by Gasteiger charge is -2.29. The summed E-state index contributed by atoms with van der Waals surface area (Å²) in [5, 5.41) is 20.1. The molecule has 0 heterocycles. The molecule has 9 nitrogen and oxygen atoms in total. The Balaban J connectivity index is 2.42. The van der Waals surface area contributed by atoms with Crippen molar-refractivity contribution in [3.05, 3.63) is 39.4 Å². The van der Waals surface area contributed by atoms with E-state index in [0.717, 1.165) is 24.5 Å². The van der Waals surface area contributed by atoms with Crippen LogP contribution in [0.3, 0.4) is 0 Å². The maximum atomic E-state index is 12.8. The lowest BCUT2D eigenvalue weighted by molar-refractivity contribution is -0.384. The number of carbonyl (C=O) groups is 2. The molecular formula is C15H18N2O7S. The molecule has 0 saturated heterocycles. The number of nitrogens with zero attached hydrogens (tertiary/aromatic N) is 2. The first-order valence-corrected chi connectivity index (χ1v) is 9.59. The number of non-ortho nitro benzene ring substituents is 1. The van der Waals surface area contributed by atoms with Gasteiger partial charge in [-0.15, -0.1) is 0 Å². The van der Waals surface area contributed by atoms with Crippen molar-refractivity contribution in [1.82, 2.24) is 4.90 Å². The fourth-order valence-corrected chi connectivity index (χ4v) is 3.75. The van der Waals surface area contributed by atoms with E-state index in [0.29, 0.717) is 12.8 Å². The van der Waals surface area contributed by atoms with Crippen molar-refractivity contribution in [2.24, 2.45) is 0 Å². The number of aromatic carboxylic acids is 1. The number of nitro groups is 1. The molecule has 1 N–H and O–H groups in total. The topological polar surface area (TPSA) is 135 Å². The predicted molar refractivity (Wildman–Crippen MR) is 88.4 cm³/mol. The van der Waals surface area contributed by atoms with E-state index in [9.17, 15) is 28.1 Å². The summed E-state index contributed by atoms with van der Waals surface area (Å²) in [6.07, 6.45) is 2.48. The Hall–Kier alpha value is -2.49. The standard InChI is InChI=1S/C15H18N2O7S/c1-9(8-25(2,23)24)16(12-3-4-12)14(18)10-5-11(15(19)20)7-13(6-10)17(21)22/h5-7,9,12H,3-4,8H2,1-2H3,(H,19,20). The van der Waals surface area contributed by atoms with Crippen LogP contribution in [0, 0.1) is 10.1 Å². The fraction of sp³-hybridized carbons (Fsp3) is 0.467. The van der Waals surface area contributed by atoms with Crippen LogP contribution in [0.25, 0.3) is 0 Å². The number of nitro benzene ring substituents is 1. The van der Waals surface area contributed by atoms with Crippen molar-refractivity contribution >= 4 is 27.4 Å². The molecule has 0 aliphatic heterocycles. The highest BCUT2D eigenvalue weighted by molar-refractivity contribution is 7.90. The second kappa shape index (κ2) is 6.79. The number of hydrogen-bond acceptors (Lipinski definition) is 6. The Bertz CT molecular complexity index is 798. The zero-order valence-corrected chi connectivity index (χ0v) is 14.5. The molecule has 2 rings (SSSR count). The van der Waals surface area contributed by atoms with Gasteiger partial charge in [0.1, 0.15) is 9.84 Å². The van der Waals surface area contributed by atoms with E-state index in [2.05, 4.69) is 0 Å². The van der Waals surface area contributed by atoms with Gasteiger partial charge in [-0.2, -0.15) is 0 Å². The first-order valence-electron chi connectivity index (χ1n) is 7.53. The number of rotatable bonds is 7. The van der Waals surface area contributed by atoms with Gasteiger partial charge in [-0.1, -0.05) is 0 Å². The highest BCUT2D eigenvalue weighted by Crippen LogP contribution is 2.31. The Labute approximate surface area is 144 Å². The molecule has 25 heavy (non-hydrogen) atoms. The van der Waals surface area contributed by atoms with Crippen LogP contribution >= 0.6 is 0 Å². The van der Waals surface area contributed by atoms with Gasteiger partial charge < -0.3 is 10.0 Å². The van der Waals surface area contributed by atoms with E-state index >= 15 is 0 Å². The zero-order valence-electron chi connectivity index (χ0n) is 13.7. The van der Waals surface area contributed by atoms with Crippen LogP contribution in [0.1, 0.15) is 40.5 Å². The van der Waals surface area contributed by atoms with E-state index in [1.165, 1.54) is 4.90 Å². The summed E-state index contributed by atoms with van der Waals surface area (Å²) in [5.74, 6) is -2.24. The second-order valence-corrected chi connectivity index (χ2v) is 8.40. The quantitative estimate of drug-likeness (QED) is 0.565. The lowest BCUT2D eigenvalue weighted by Crippen LogP contribution is -2.43. The van der Waals surface area contributed by atoms with Crippen molar-refractivity contribution in [3.63, 3.8) is 0 Å². The van der Waals surface area contributed by atoms with Gasteiger partial charge in [-0.05, 0) is 25.8 Å². The molecule has 0 spiro atoms. The van der Waals surface area contributed by atoms with Crippen molar-refractivity contribution in [2.75, 3.05) is 12.0 Å². The Kier molecular flexibility index (Phi) is 5.12. The summed E-state index contributed by atoms with van der Waals surface area (Å²) in [7, 11) is -3.33. The van der Waals surface area contributed by atoms with Crippen molar-refractivity contribution < 1.29 is 28.0 Å². The van der Waals surface area contributed by atoms with Gasteiger partial charge >= 0.3 is 5.97 Å². The number of amides is 1. The van der Waals surface area contributed by atoms with Crippen LogP contribution in [0.5, 0.6) is 0 Å². The summed E-state index contributed by atoms with van der Waals surface area (Å²) < 4.78 is 23.1. The van der Waals surface area contributed by atoms with Crippen molar-refractivity contribution in [1.29, 1.82) is 0 Å². The first-order chi connectivity index (χ1) is 11.5. The maximum absolute atomic E-state index is 12.8. The number of carbonyl (C=O) groups excluding carboxylic acids is 1. The maximum Gasteiger partial charge on any atom is 0.335 e. The predicted octanol–water partition coefficient (Wildman–Crippen LogP) is 1.33.